The van der Waals surface area contributed by atoms with E-state index in [1.54, 1.807) is 43.2 Å². The van der Waals surface area contributed by atoms with Gasteiger partial charge in [-0.1, -0.05) is 29.6 Å². The maximum atomic E-state index is 11.7. The first-order valence-corrected chi connectivity index (χ1v) is 12.5. The molecule has 4 heterocycles. The van der Waals surface area contributed by atoms with Gasteiger partial charge in [0.1, 0.15) is 16.0 Å². The van der Waals surface area contributed by atoms with Crippen molar-refractivity contribution < 1.29 is 9.53 Å². The average Bonchev–Trinajstić information content (AvgIpc) is 3.54. The Labute approximate surface area is 197 Å². The van der Waals surface area contributed by atoms with Gasteiger partial charge in [0, 0.05) is 43.0 Å². The molecule has 1 amide bonds. The number of hydrogen-bond acceptors (Lipinski definition) is 11. The van der Waals surface area contributed by atoms with Crippen molar-refractivity contribution in [2.45, 2.75) is 13.3 Å². The quantitative estimate of drug-likeness (QED) is 0.359. The van der Waals surface area contributed by atoms with Crippen LogP contribution in [0.4, 0.5) is 9.93 Å². The fourth-order valence-electron chi connectivity index (χ4n) is 2.24. The van der Waals surface area contributed by atoms with Gasteiger partial charge in [-0.3, -0.25) is 14.9 Å². The molecular formula is C20H21N7O2S3. The van der Waals surface area contributed by atoms with Gasteiger partial charge in [0.05, 0.1) is 0 Å². The monoisotopic (exact) mass is 487 g/mol. The van der Waals surface area contributed by atoms with Crippen LogP contribution >= 0.6 is 34.4 Å². The zero-order valence-corrected chi connectivity index (χ0v) is 20.2. The number of aryl methyl sites for hydroxylation is 1. The predicted molar refractivity (Wildman–Crippen MR) is 129 cm³/mol. The molecule has 0 saturated heterocycles. The maximum absolute atomic E-state index is 11.7. The van der Waals surface area contributed by atoms with E-state index in [2.05, 4.69) is 37.3 Å². The summed E-state index contributed by atoms with van der Waals surface area (Å²) in [4.78, 5) is 21.1. The van der Waals surface area contributed by atoms with Gasteiger partial charge in [0.2, 0.25) is 5.13 Å². The standard InChI is InChI=1S/C11H12N4O2S2.C9H9N3S/c1-15(11(16)17-7-18-2)10-14-13-9(19-10)8-4-3-5-12-6-8;1-2-8-11-12-9(13-8)7-4-3-5-10-6-7/h3-6H,7H2,1-2H3;3-6H,2H2,1H3. The van der Waals surface area contributed by atoms with E-state index in [0.29, 0.717) is 16.1 Å². The number of ether oxygens (including phenoxy) is 1. The lowest BCUT2D eigenvalue weighted by Gasteiger charge is -2.12. The summed E-state index contributed by atoms with van der Waals surface area (Å²) >= 11 is 4.37. The molecule has 0 aliphatic rings. The van der Waals surface area contributed by atoms with E-state index < -0.39 is 6.09 Å². The fourth-order valence-corrected chi connectivity index (χ4v) is 4.02. The van der Waals surface area contributed by atoms with Crippen molar-refractivity contribution >= 4 is 45.7 Å². The van der Waals surface area contributed by atoms with Crippen LogP contribution in [0.15, 0.2) is 49.1 Å². The highest BCUT2D eigenvalue weighted by atomic mass is 32.2. The van der Waals surface area contributed by atoms with Crippen molar-refractivity contribution in [3.05, 3.63) is 54.1 Å². The van der Waals surface area contributed by atoms with Crippen molar-refractivity contribution in [3.63, 3.8) is 0 Å². The van der Waals surface area contributed by atoms with E-state index in [4.69, 9.17) is 4.74 Å². The fraction of sp³-hybridized carbons (Fsp3) is 0.250. The lowest BCUT2D eigenvalue weighted by molar-refractivity contribution is 0.175. The van der Waals surface area contributed by atoms with E-state index in [-0.39, 0.29) is 0 Å². The number of anilines is 1. The molecule has 0 fully saturated rings. The number of amides is 1. The molecule has 0 unspecified atom stereocenters. The zero-order chi connectivity index (χ0) is 22.8. The second-order valence-corrected chi connectivity index (χ2v) is 8.93. The summed E-state index contributed by atoms with van der Waals surface area (Å²) in [7, 11) is 1.61. The summed E-state index contributed by atoms with van der Waals surface area (Å²) in [6.07, 6.45) is 9.32. The molecule has 0 aliphatic heterocycles. The zero-order valence-electron chi connectivity index (χ0n) is 17.7. The number of carbonyl (C=O) groups excluding carboxylic acids is 1. The van der Waals surface area contributed by atoms with E-state index in [0.717, 1.165) is 27.6 Å². The molecule has 9 nitrogen and oxygen atoms in total. The molecule has 32 heavy (non-hydrogen) atoms. The Morgan fingerprint density at radius 1 is 1.00 bits per heavy atom. The topological polar surface area (TPSA) is 107 Å². The SMILES string of the molecule is CCc1nnc(-c2cccnc2)s1.CSCOC(=O)N(C)c1nnc(-c2cccnc2)s1. The number of nitrogens with zero attached hydrogens (tertiary/aromatic N) is 7. The third-order valence-electron chi connectivity index (χ3n) is 3.86. The molecule has 0 aromatic carbocycles. The van der Waals surface area contributed by atoms with Gasteiger partial charge in [-0.2, -0.15) is 0 Å². The van der Waals surface area contributed by atoms with Gasteiger partial charge in [0.25, 0.3) is 0 Å². The van der Waals surface area contributed by atoms with Crippen LogP contribution in [0.3, 0.4) is 0 Å². The molecule has 0 aliphatic carbocycles. The predicted octanol–water partition coefficient (Wildman–Crippen LogP) is 4.66. The Morgan fingerprint density at radius 2 is 1.62 bits per heavy atom. The molecule has 4 aromatic rings. The number of aromatic nitrogens is 6. The van der Waals surface area contributed by atoms with Crippen molar-refractivity contribution in [1.29, 1.82) is 0 Å². The summed E-state index contributed by atoms with van der Waals surface area (Å²) in [5.74, 6) is 0.317. The Hall–Kier alpha value is -2.96. The first-order chi connectivity index (χ1) is 15.6. The van der Waals surface area contributed by atoms with Gasteiger partial charge >= 0.3 is 6.09 Å². The third kappa shape index (κ3) is 6.52. The molecule has 4 rings (SSSR count). The van der Waals surface area contributed by atoms with Crippen LogP contribution < -0.4 is 4.90 Å². The number of hydrogen-bond donors (Lipinski definition) is 0. The summed E-state index contributed by atoms with van der Waals surface area (Å²) in [6.45, 7) is 2.08. The highest BCUT2D eigenvalue weighted by Gasteiger charge is 2.17. The molecule has 4 aromatic heterocycles. The second kappa shape index (κ2) is 12.2. The number of pyridine rings is 2. The Bertz CT molecular complexity index is 1110. The van der Waals surface area contributed by atoms with Crippen LogP contribution in [0, 0.1) is 0 Å². The highest BCUT2D eigenvalue weighted by molar-refractivity contribution is 7.98. The van der Waals surface area contributed by atoms with E-state index in [1.807, 2.05) is 30.5 Å². The number of rotatable bonds is 6. The van der Waals surface area contributed by atoms with Crippen molar-refractivity contribution in [2.75, 3.05) is 24.1 Å². The Kier molecular flexibility index (Phi) is 9.01. The van der Waals surface area contributed by atoms with Gasteiger partial charge in [-0.25, -0.2) is 4.79 Å². The van der Waals surface area contributed by atoms with Crippen molar-refractivity contribution in [3.8, 4) is 21.1 Å². The minimum absolute atomic E-state index is 0.317. The molecule has 166 valence electrons. The molecule has 0 saturated carbocycles. The van der Waals surface area contributed by atoms with Gasteiger partial charge < -0.3 is 4.74 Å². The third-order valence-corrected chi connectivity index (χ3v) is 6.38. The van der Waals surface area contributed by atoms with Crippen LogP contribution in [-0.2, 0) is 11.2 Å². The van der Waals surface area contributed by atoms with Crippen molar-refractivity contribution in [2.24, 2.45) is 0 Å². The van der Waals surface area contributed by atoms with Gasteiger partial charge in [0.15, 0.2) is 5.01 Å². The van der Waals surface area contributed by atoms with E-state index in [9.17, 15) is 4.79 Å². The van der Waals surface area contributed by atoms with Gasteiger partial charge in [-0.15, -0.1) is 32.2 Å². The van der Waals surface area contributed by atoms with E-state index in [1.165, 1.54) is 28.0 Å². The minimum atomic E-state index is -0.441. The smallest absolute Gasteiger partial charge is 0.416 e. The summed E-state index contributed by atoms with van der Waals surface area (Å²) < 4.78 is 5.00. The number of thioether (sulfide) groups is 1. The summed E-state index contributed by atoms with van der Waals surface area (Å²) in [5.41, 5.74) is 1.91. The molecular weight excluding hydrogens is 466 g/mol. The van der Waals surface area contributed by atoms with Crippen LogP contribution in [-0.4, -0.2) is 55.7 Å². The Balaban J connectivity index is 0.000000193. The molecule has 0 atom stereocenters. The lowest BCUT2D eigenvalue weighted by Crippen LogP contribution is -2.26. The first kappa shape index (κ1) is 23.7. The lowest BCUT2D eigenvalue weighted by atomic mass is 10.3. The van der Waals surface area contributed by atoms with Crippen LogP contribution in [0.5, 0.6) is 0 Å². The molecule has 0 spiro atoms. The van der Waals surface area contributed by atoms with Crippen LogP contribution in [0.1, 0.15) is 11.9 Å². The first-order valence-electron chi connectivity index (χ1n) is 9.48. The molecule has 0 bridgehead atoms. The van der Waals surface area contributed by atoms with Gasteiger partial charge in [-0.05, 0) is 36.9 Å². The molecule has 0 N–H and O–H groups in total. The molecule has 12 heteroatoms. The van der Waals surface area contributed by atoms with Crippen molar-refractivity contribution in [1.82, 2.24) is 30.4 Å². The molecule has 0 radical (unpaired) electrons. The normalized spacial score (nSPS) is 10.2. The van der Waals surface area contributed by atoms with Crippen LogP contribution in [0.2, 0.25) is 0 Å². The maximum Gasteiger partial charge on any atom is 0.416 e. The number of carbonyl (C=O) groups is 1. The minimum Gasteiger partial charge on any atom is -0.438 e. The highest BCUT2D eigenvalue weighted by Crippen LogP contribution is 2.27. The average molecular weight is 488 g/mol. The summed E-state index contributed by atoms with van der Waals surface area (Å²) in [6, 6.07) is 7.62. The Morgan fingerprint density at radius 3 is 2.16 bits per heavy atom. The summed E-state index contributed by atoms with van der Waals surface area (Å²) in [5, 5.41) is 19.4. The second-order valence-electron chi connectivity index (χ2n) is 6.10. The van der Waals surface area contributed by atoms with E-state index >= 15 is 0 Å². The van der Waals surface area contributed by atoms with Crippen LogP contribution in [0.25, 0.3) is 21.1 Å². The largest absolute Gasteiger partial charge is 0.438 e.